The van der Waals surface area contributed by atoms with E-state index in [0.717, 1.165) is 23.2 Å². The number of thiocarbonyl (C=S) groups is 1. The summed E-state index contributed by atoms with van der Waals surface area (Å²) in [7, 11) is 2.07. The third-order valence-electron chi connectivity index (χ3n) is 6.51. The molecule has 2 aliphatic rings. The molecule has 0 aliphatic carbocycles. The Kier molecular flexibility index (Phi) is 5.63. The maximum absolute atomic E-state index is 13.4. The van der Waals surface area contributed by atoms with Gasteiger partial charge in [0.05, 0.1) is 5.69 Å². The normalized spacial score (nSPS) is 21.6. The molecule has 166 valence electrons. The van der Waals surface area contributed by atoms with Gasteiger partial charge >= 0.3 is 0 Å². The highest BCUT2D eigenvalue weighted by Gasteiger charge is 2.37. The van der Waals surface area contributed by atoms with Crippen molar-refractivity contribution in [2.75, 3.05) is 16.8 Å². The number of carbonyl (C=O) groups is 2. The first kappa shape index (κ1) is 22.5. The molecule has 2 heterocycles. The second kappa shape index (κ2) is 8.01. The fourth-order valence-electron chi connectivity index (χ4n) is 4.56. The molecule has 1 N–H and O–H groups in total. The number of nitrogens with zero attached hydrogens (tertiary/aromatic N) is 2. The van der Waals surface area contributed by atoms with Crippen LogP contribution in [-0.2, 0) is 9.59 Å². The maximum atomic E-state index is 13.4. The molecular weight excluding hydrogens is 442 g/mol. The van der Waals surface area contributed by atoms with Gasteiger partial charge < -0.3 is 4.90 Å². The first-order valence-electron chi connectivity index (χ1n) is 10.6. The molecule has 5 nitrogen and oxygen atoms in total. The SMILES string of the molecule is Cc1ccccc1N1C(=O)/C(=C\c2cc3c(cc2Cl)N(C)C(C)(C)CC3C)C(=O)NC1=S. The zero-order chi connectivity index (χ0) is 23.4. The quantitative estimate of drug-likeness (QED) is 0.374. The van der Waals surface area contributed by atoms with Crippen molar-refractivity contribution >= 4 is 58.2 Å². The smallest absolute Gasteiger partial charge is 0.270 e. The second-order valence-electron chi connectivity index (χ2n) is 9.15. The molecule has 2 aromatic carbocycles. The van der Waals surface area contributed by atoms with E-state index in [2.05, 4.69) is 38.0 Å². The summed E-state index contributed by atoms with van der Waals surface area (Å²) < 4.78 is 0. The van der Waals surface area contributed by atoms with E-state index in [0.29, 0.717) is 22.2 Å². The van der Waals surface area contributed by atoms with E-state index in [4.69, 9.17) is 23.8 Å². The number of hydrogen-bond donors (Lipinski definition) is 1. The van der Waals surface area contributed by atoms with Gasteiger partial charge in [0.25, 0.3) is 11.8 Å². The van der Waals surface area contributed by atoms with Gasteiger partial charge in [0.1, 0.15) is 5.57 Å². The summed E-state index contributed by atoms with van der Waals surface area (Å²) in [6.07, 6.45) is 2.56. The Morgan fingerprint density at radius 2 is 1.88 bits per heavy atom. The number of para-hydroxylation sites is 1. The van der Waals surface area contributed by atoms with Crippen molar-refractivity contribution in [1.29, 1.82) is 0 Å². The number of anilines is 2. The van der Waals surface area contributed by atoms with Crippen LogP contribution < -0.4 is 15.1 Å². The molecule has 0 spiro atoms. The molecule has 1 unspecified atom stereocenters. The molecule has 2 aliphatic heterocycles. The minimum atomic E-state index is -0.523. The molecule has 4 rings (SSSR count). The van der Waals surface area contributed by atoms with Gasteiger partial charge in [0, 0.05) is 23.3 Å². The first-order valence-corrected chi connectivity index (χ1v) is 11.3. The van der Waals surface area contributed by atoms with Crippen LogP contribution in [0.25, 0.3) is 6.08 Å². The monoisotopic (exact) mass is 467 g/mol. The Balaban J connectivity index is 1.79. The van der Waals surface area contributed by atoms with Crippen LogP contribution in [0.15, 0.2) is 42.0 Å². The second-order valence-corrected chi connectivity index (χ2v) is 9.95. The van der Waals surface area contributed by atoms with Crippen LogP contribution in [-0.4, -0.2) is 29.5 Å². The van der Waals surface area contributed by atoms with Crippen LogP contribution in [0, 0.1) is 6.92 Å². The molecule has 2 aromatic rings. The van der Waals surface area contributed by atoms with Crippen molar-refractivity contribution in [3.05, 3.63) is 63.7 Å². The van der Waals surface area contributed by atoms with Crippen LogP contribution in [0.1, 0.15) is 49.8 Å². The van der Waals surface area contributed by atoms with Crippen molar-refractivity contribution < 1.29 is 9.59 Å². The Morgan fingerprint density at radius 3 is 2.56 bits per heavy atom. The first-order chi connectivity index (χ1) is 15.0. The number of benzene rings is 2. The van der Waals surface area contributed by atoms with Gasteiger partial charge in [0.2, 0.25) is 0 Å². The Bertz CT molecular complexity index is 1190. The Morgan fingerprint density at radius 1 is 1.19 bits per heavy atom. The van der Waals surface area contributed by atoms with E-state index in [1.165, 1.54) is 4.90 Å². The standard InChI is InChI=1S/C25H26ClN3O2S/c1-14-8-6-7-9-20(14)29-23(31)18(22(30)27-24(29)32)11-16-10-17-15(2)13-25(3,4)28(5)21(17)12-19(16)26/h6-12,15H,13H2,1-5H3,(H,27,30,32)/b18-11-. The number of fused-ring (bicyclic) bond motifs is 1. The number of halogens is 1. The summed E-state index contributed by atoms with van der Waals surface area (Å²) in [6, 6.07) is 11.3. The molecule has 32 heavy (non-hydrogen) atoms. The Labute approximate surface area is 199 Å². The lowest BCUT2D eigenvalue weighted by molar-refractivity contribution is -0.122. The zero-order valence-electron chi connectivity index (χ0n) is 18.8. The average Bonchev–Trinajstić information content (AvgIpc) is 2.71. The lowest BCUT2D eigenvalue weighted by Gasteiger charge is -2.45. The fourth-order valence-corrected chi connectivity index (χ4v) is 5.05. The minimum absolute atomic E-state index is 0.000787. The summed E-state index contributed by atoms with van der Waals surface area (Å²) >= 11 is 11.9. The summed E-state index contributed by atoms with van der Waals surface area (Å²) in [6.45, 7) is 8.51. The van der Waals surface area contributed by atoms with Crippen molar-refractivity contribution in [2.45, 2.75) is 45.6 Å². The third-order valence-corrected chi connectivity index (χ3v) is 7.12. The molecule has 2 amide bonds. The summed E-state index contributed by atoms with van der Waals surface area (Å²) in [5.41, 5.74) is 4.40. The van der Waals surface area contributed by atoms with Gasteiger partial charge in [-0.1, -0.05) is 36.7 Å². The van der Waals surface area contributed by atoms with Crippen LogP contribution in [0.5, 0.6) is 0 Å². The molecule has 0 aromatic heterocycles. The van der Waals surface area contributed by atoms with E-state index in [1.807, 2.05) is 37.3 Å². The van der Waals surface area contributed by atoms with Crippen LogP contribution in [0.3, 0.4) is 0 Å². The van der Waals surface area contributed by atoms with Gasteiger partial charge in [-0.2, -0.15) is 0 Å². The minimum Gasteiger partial charge on any atom is -0.369 e. The number of nitrogens with one attached hydrogen (secondary N) is 1. The highest BCUT2D eigenvalue weighted by molar-refractivity contribution is 7.80. The highest BCUT2D eigenvalue weighted by atomic mass is 35.5. The van der Waals surface area contributed by atoms with E-state index >= 15 is 0 Å². The molecule has 0 bridgehead atoms. The van der Waals surface area contributed by atoms with Gasteiger partial charge in [-0.3, -0.25) is 19.8 Å². The van der Waals surface area contributed by atoms with Gasteiger partial charge in [0.15, 0.2) is 5.11 Å². The lowest BCUT2D eigenvalue weighted by atomic mass is 9.80. The van der Waals surface area contributed by atoms with E-state index in [-0.39, 0.29) is 16.2 Å². The van der Waals surface area contributed by atoms with E-state index < -0.39 is 11.8 Å². The number of hydrogen-bond acceptors (Lipinski definition) is 4. The van der Waals surface area contributed by atoms with Crippen LogP contribution in [0.4, 0.5) is 11.4 Å². The highest BCUT2D eigenvalue weighted by Crippen LogP contribution is 2.44. The summed E-state index contributed by atoms with van der Waals surface area (Å²) in [4.78, 5) is 29.7. The zero-order valence-corrected chi connectivity index (χ0v) is 20.4. The van der Waals surface area contributed by atoms with Gasteiger partial charge in [-0.05, 0) is 86.3 Å². The predicted octanol–water partition coefficient (Wildman–Crippen LogP) is 5.20. The molecule has 7 heteroatoms. The summed E-state index contributed by atoms with van der Waals surface area (Å²) in [5.74, 6) is -0.671. The number of carbonyl (C=O) groups excluding carboxylic acids is 2. The molecule has 1 atom stereocenters. The average molecular weight is 468 g/mol. The van der Waals surface area contributed by atoms with Crippen LogP contribution >= 0.6 is 23.8 Å². The largest absolute Gasteiger partial charge is 0.369 e. The molecule has 0 radical (unpaired) electrons. The number of rotatable bonds is 2. The lowest BCUT2D eigenvalue weighted by Crippen LogP contribution is -2.54. The fraction of sp³-hybridized carbons (Fsp3) is 0.320. The maximum Gasteiger partial charge on any atom is 0.270 e. The molecule has 1 fully saturated rings. The number of amides is 2. The summed E-state index contributed by atoms with van der Waals surface area (Å²) in [5, 5.41) is 3.20. The Hall–Kier alpha value is -2.70. The van der Waals surface area contributed by atoms with Gasteiger partial charge in [-0.25, -0.2) is 0 Å². The van der Waals surface area contributed by atoms with E-state index in [1.54, 1.807) is 12.1 Å². The van der Waals surface area contributed by atoms with Crippen LogP contribution in [0.2, 0.25) is 5.02 Å². The van der Waals surface area contributed by atoms with Gasteiger partial charge in [-0.15, -0.1) is 0 Å². The molecule has 1 saturated heterocycles. The topological polar surface area (TPSA) is 52.7 Å². The van der Waals surface area contributed by atoms with Crippen molar-refractivity contribution in [3.63, 3.8) is 0 Å². The predicted molar refractivity (Wildman–Crippen MR) is 134 cm³/mol. The number of aryl methyl sites for hydroxylation is 1. The van der Waals surface area contributed by atoms with Crippen molar-refractivity contribution in [3.8, 4) is 0 Å². The molecular formula is C25H26ClN3O2S. The third kappa shape index (κ3) is 3.71. The van der Waals surface area contributed by atoms with E-state index in [9.17, 15) is 9.59 Å². The van der Waals surface area contributed by atoms with Crippen molar-refractivity contribution in [1.82, 2.24) is 5.32 Å². The van der Waals surface area contributed by atoms with Crippen molar-refractivity contribution in [2.24, 2.45) is 0 Å². The molecule has 0 saturated carbocycles.